The lowest BCUT2D eigenvalue weighted by Gasteiger charge is -2.34. The van der Waals surface area contributed by atoms with Crippen LogP contribution in [0.2, 0.25) is 0 Å². The highest BCUT2D eigenvalue weighted by molar-refractivity contribution is 6.04. The van der Waals surface area contributed by atoms with E-state index in [0.29, 0.717) is 17.8 Å². The average Bonchev–Trinajstić information content (AvgIpc) is 2.86. The molecule has 34 heavy (non-hydrogen) atoms. The second kappa shape index (κ2) is 11.5. The van der Waals surface area contributed by atoms with Gasteiger partial charge >= 0.3 is 0 Å². The van der Waals surface area contributed by atoms with Gasteiger partial charge < -0.3 is 10.6 Å². The number of carbonyl (C=O) groups is 2. The normalized spacial score (nSPS) is 15.4. The first-order chi connectivity index (χ1) is 16.6. The largest absolute Gasteiger partial charge is 0.345 e. The molecule has 2 aromatic carbocycles. The molecule has 0 radical (unpaired) electrons. The van der Waals surface area contributed by atoms with Crippen molar-refractivity contribution in [2.45, 2.75) is 19.5 Å². The Morgan fingerprint density at radius 3 is 2.29 bits per heavy atom. The number of aromatic nitrogens is 1. The Bertz CT molecular complexity index is 1080. The molecule has 3 aromatic rings. The van der Waals surface area contributed by atoms with Crippen LogP contribution in [0.15, 0.2) is 79.0 Å². The predicted molar refractivity (Wildman–Crippen MR) is 133 cm³/mol. The Kier molecular flexibility index (Phi) is 8.01. The van der Waals surface area contributed by atoms with E-state index < -0.39 is 0 Å². The van der Waals surface area contributed by atoms with Gasteiger partial charge in [0.15, 0.2) is 0 Å². The number of anilines is 1. The van der Waals surface area contributed by atoms with Crippen LogP contribution in [0.5, 0.6) is 0 Å². The van der Waals surface area contributed by atoms with Crippen LogP contribution in [-0.4, -0.2) is 59.3 Å². The average molecular weight is 458 g/mol. The third-order valence-corrected chi connectivity index (χ3v) is 6.04. The molecule has 1 saturated heterocycles. The lowest BCUT2D eigenvalue weighted by atomic mass is 10.1. The molecule has 1 atom stereocenters. The molecule has 0 saturated carbocycles. The molecule has 2 amide bonds. The van der Waals surface area contributed by atoms with Gasteiger partial charge in [0, 0.05) is 38.9 Å². The molecular formula is C27H31N5O2. The van der Waals surface area contributed by atoms with Crippen molar-refractivity contribution in [2.24, 2.45) is 0 Å². The van der Waals surface area contributed by atoms with Gasteiger partial charge in [0.05, 0.1) is 29.5 Å². The summed E-state index contributed by atoms with van der Waals surface area (Å²) >= 11 is 0. The molecule has 0 bridgehead atoms. The van der Waals surface area contributed by atoms with Crippen molar-refractivity contribution in [1.29, 1.82) is 0 Å². The zero-order chi connectivity index (χ0) is 23.8. The second-order valence-electron chi connectivity index (χ2n) is 8.57. The lowest BCUT2D eigenvalue weighted by Crippen LogP contribution is -2.48. The first-order valence-electron chi connectivity index (χ1n) is 11.7. The Morgan fingerprint density at radius 2 is 1.56 bits per heavy atom. The third-order valence-electron chi connectivity index (χ3n) is 6.04. The summed E-state index contributed by atoms with van der Waals surface area (Å²) < 4.78 is 0. The number of nitrogens with one attached hydrogen (secondary N) is 2. The van der Waals surface area contributed by atoms with Crippen LogP contribution in [0.4, 0.5) is 5.69 Å². The minimum absolute atomic E-state index is 0.116. The van der Waals surface area contributed by atoms with E-state index in [0.717, 1.165) is 44.0 Å². The van der Waals surface area contributed by atoms with Gasteiger partial charge in [-0.2, -0.15) is 0 Å². The zero-order valence-corrected chi connectivity index (χ0v) is 19.5. The molecule has 1 aliphatic heterocycles. The Labute approximate surface area is 200 Å². The highest BCUT2D eigenvalue weighted by Crippen LogP contribution is 2.18. The number of amides is 2. The number of hydrogen-bond donors (Lipinski definition) is 2. The van der Waals surface area contributed by atoms with Gasteiger partial charge in [-0.25, -0.2) is 0 Å². The standard InChI is InChI=1S/C27H31N5O2/c1-21(22-9-3-2-4-10-22)29-27(34)24-12-5-6-13-25(24)30-26(33)20-32-17-15-31(16-18-32)19-23-11-7-8-14-28-23/h2-14,21H,15-20H2,1H3,(H,29,34)(H,30,33)/t21-/m1/s1. The van der Waals surface area contributed by atoms with Crippen molar-refractivity contribution in [3.8, 4) is 0 Å². The van der Waals surface area contributed by atoms with Crippen molar-refractivity contribution < 1.29 is 9.59 Å². The Balaban J connectivity index is 1.29. The first-order valence-corrected chi connectivity index (χ1v) is 11.7. The Morgan fingerprint density at radius 1 is 0.882 bits per heavy atom. The number of rotatable bonds is 8. The monoisotopic (exact) mass is 457 g/mol. The van der Waals surface area contributed by atoms with Gasteiger partial charge in [0.25, 0.3) is 5.91 Å². The molecule has 176 valence electrons. The smallest absolute Gasteiger partial charge is 0.253 e. The quantitative estimate of drug-likeness (QED) is 0.543. The zero-order valence-electron chi connectivity index (χ0n) is 19.5. The van der Waals surface area contributed by atoms with Crippen LogP contribution >= 0.6 is 0 Å². The van der Waals surface area contributed by atoms with E-state index in [-0.39, 0.29) is 17.9 Å². The molecule has 0 spiro atoms. The number of piperazine rings is 1. The number of carbonyl (C=O) groups excluding carboxylic acids is 2. The van der Waals surface area contributed by atoms with E-state index >= 15 is 0 Å². The van der Waals surface area contributed by atoms with Gasteiger partial charge in [-0.05, 0) is 36.8 Å². The molecule has 2 heterocycles. The molecule has 1 fully saturated rings. The van der Waals surface area contributed by atoms with Crippen molar-refractivity contribution in [2.75, 3.05) is 38.0 Å². The van der Waals surface area contributed by atoms with E-state index in [1.165, 1.54) is 0 Å². The van der Waals surface area contributed by atoms with Crippen molar-refractivity contribution in [3.63, 3.8) is 0 Å². The molecule has 0 unspecified atom stereocenters. The van der Waals surface area contributed by atoms with Gasteiger partial charge in [-0.1, -0.05) is 48.5 Å². The summed E-state index contributed by atoms with van der Waals surface area (Å²) in [5.41, 5.74) is 3.07. The summed E-state index contributed by atoms with van der Waals surface area (Å²) in [4.78, 5) is 34.6. The number of para-hydroxylation sites is 1. The molecule has 7 nitrogen and oxygen atoms in total. The van der Waals surface area contributed by atoms with Crippen LogP contribution < -0.4 is 10.6 Å². The molecular weight excluding hydrogens is 426 g/mol. The molecule has 2 N–H and O–H groups in total. The van der Waals surface area contributed by atoms with Gasteiger partial charge in [0.1, 0.15) is 0 Å². The third kappa shape index (κ3) is 6.50. The maximum absolute atomic E-state index is 12.9. The topological polar surface area (TPSA) is 77.6 Å². The molecule has 1 aromatic heterocycles. The summed E-state index contributed by atoms with van der Waals surface area (Å²) in [6.07, 6.45) is 1.82. The van der Waals surface area contributed by atoms with E-state index in [4.69, 9.17) is 0 Å². The predicted octanol–water partition coefficient (Wildman–Crippen LogP) is 3.33. The molecule has 1 aliphatic rings. The van der Waals surface area contributed by atoms with E-state index in [1.54, 1.807) is 18.2 Å². The van der Waals surface area contributed by atoms with E-state index in [2.05, 4.69) is 25.4 Å². The summed E-state index contributed by atoms with van der Waals surface area (Å²) in [7, 11) is 0. The van der Waals surface area contributed by atoms with Crippen LogP contribution in [0.3, 0.4) is 0 Å². The van der Waals surface area contributed by atoms with Crippen molar-refractivity contribution in [3.05, 3.63) is 95.8 Å². The number of benzene rings is 2. The summed E-state index contributed by atoms with van der Waals surface area (Å²) in [5.74, 6) is -0.329. The van der Waals surface area contributed by atoms with Gasteiger partial charge in [-0.15, -0.1) is 0 Å². The summed E-state index contributed by atoms with van der Waals surface area (Å²) in [6, 6.07) is 22.8. The second-order valence-corrected chi connectivity index (χ2v) is 8.57. The van der Waals surface area contributed by atoms with E-state index in [9.17, 15) is 9.59 Å². The summed E-state index contributed by atoms with van der Waals surface area (Å²) in [5, 5.41) is 5.96. The molecule has 4 rings (SSSR count). The van der Waals surface area contributed by atoms with E-state index in [1.807, 2.05) is 67.7 Å². The molecule has 7 heteroatoms. The van der Waals surface area contributed by atoms with Crippen molar-refractivity contribution >= 4 is 17.5 Å². The Hall–Kier alpha value is -3.55. The van der Waals surface area contributed by atoms with Crippen LogP contribution in [-0.2, 0) is 11.3 Å². The number of nitrogens with zero attached hydrogens (tertiary/aromatic N) is 3. The highest BCUT2D eigenvalue weighted by atomic mass is 16.2. The minimum Gasteiger partial charge on any atom is -0.345 e. The first kappa shape index (κ1) is 23.6. The highest BCUT2D eigenvalue weighted by Gasteiger charge is 2.21. The van der Waals surface area contributed by atoms with Gasteiger partial charge in [0.2, 0.25) is 5.91 Å². The number of hydrogen-bond acceptors (Lipinski definition) is 5. The minimum atomic E-state index is -0.213. The van der Waals surface area contributed by atoms with Crippen LogP contribution in [0.1, 0.15) is 34.6 Å². The van der Waals surface area contributed by atoms with Crippen LogP contribution in [0.25, 0.3) is 0 Å². The summed E-state index contributed by atoms with van der Waals surface area (Å²) in [6.45, 7) is 6.48. The SMILES string of the molecule is C[C@@H](NC(=O)c1ccccc1NC(=O)CN1CCN(Cc2ccccn2)CC1)c1ccccc1. The fraction of sp³-hybridized carbons (Fsp3) is 0.296. The lowest BCUT2D eigenvalue weighted by molar-refractivity contribution is -0.117. The number of pyridine rings is 1. The van der Waals surface area contributed by atoms with Crippen molar-refractivity contribution in [1.82, 2.24) is 20.1 Å². The van der Waals surface area contributed by atoms with Gasteiger partial charge in [-0.3, -0.25) is 24.4 Å². The van der Waals surface area contributed by atoms with Crippen LogP contribution in [0, 0.1) is 0 Å². The maximum atomic E-state index is 12.9. The fourth-order valence-corrected chi connectivity index (χ4v) is 4.11. The maximum Gasteiger partial charge on any atom is 0.253 e. The fourth-order valence-electron chi connectivity index (χ4n) is 4.11. The molecule has 0 aliphatic carbocycles.